The number of rotatable bonds is 8. The summed E-state index contributed by atoms with van der Waals surface area (Å²) in [5, 5.41) is 5.34. The van der Waals surface area contributed by atoms with Gasteiger partial charge in [0.2, 0.25) is 0 Å². The molecule has 1 saturated heterocycles. The van der Waals surface area contributed by atoms with Gasteiger partial charge in [0.25, 0.3) is 5.91 Å². The number of methoxy groups -OCH3 is 1. The summed E-state index contributed by atoms with van der Waals surface area (Å²) < 4.78 is 11.0. The van der Waals surface area contributed by atoms with E-state index in [0.717, 1.165) is 29.6 Å². The van der Waals surface area contributed by atoms with E-state index in [0.29, 0.717) is 12.3 Å². The Hall–Kier alpha value is -3.05. The highest BCUT2D eigenvalue weighted by Crippen LogP contribution is 2.20. The molecule has 5 heteroatoms. The van der Waals surface area contributed by atoms with Crippen LogP contribution in [0.5, 0.6) is 11.5 Å². The Morgan fingerprint density at radius 3 is 2.40 bits per heavy atom. The molecule has 0 aliphatic carbocycles. The van der Waals surface area contributed by atoms with Crippen LogP contribution in [-0.2, 0) is 4.79 Å². The number of nitrogens with one attached hydrogen (secondary N) is 2. The molecule has 0 spiro atoms. The number of likely N-dealkylation sites (tertiary alicyclic amines) is 1. The van der Waals surface area contributed by atoms with E-state index < -0.39 is 0 Å². The number of hydrogen-bond acceptors (Lipinski definition) is 3. The van der Waals surface area contributed by atoms with Crippen LogP contribution in [0.1, 0.15) is 24.4 Å². The Balaban J connectivity index is 1.35. The van der Waals surface area contributed by atoms with Gasteiger partial charge < -0.3 is 19.7 Å². The van der Waals surface area contributed by atoms with Gasteiger partial charge >= 0.3 is 0 Å². The van der Waals surface area contributed by atoms with Crippen molar-refractivity contribution in [3.63, 3.8) is 0 Å². The molecule has 0 bridgehead atoms. The largest absolute Gasteiger partial charge is 0.497 e. The van der Waals surface area contributed by atoms with Gasteiger partial charge in [-0.3, -0.25) is 4.79 Å². The van der Waals surface area contributed by atoms with Crippen LogP contribution < -0.4 is 19.7 Å². The van der Waals surface area contributed by atoms with Crippen LogP contribution in [0.2, 0.25) is 0 Å². The Labute approximate surface area is 177 Å². The second kappa shape index (κ2) is 9.63. The number of amides is 1. The van der Waals surface area contributed by atoms with E-state index in [4.69, 9.17) is 9.47 Å². The Kier molecular flexibility index (Phi) is 6.50. The van der Waals surface area contributed by atoms with E-state index in [1.54, 1.807) is 7.11 Å². The van der Waals surface area contributed by atoms with E-state index in [2.05, 4.69) is 23.5 Å². The van der Waals surface area contributed by atoms with Crippen molar-refractivity contribution in [1.29, 1.82) is 0 Å². The lowest BCUT2D eigenvalue weighted by molar-refractivity contribution is -0.918. The normalized spacial score (nSPS) is 15.1. The molecule has 1 atom stereocenters. The fourth-order valence-corrected chi connectivity index (χ4v) is 4.18. The predicted octanol–water partition coefficient (Wildman–Crippen LogP) is 2.76. The lowest BCUT2D eigenvalue weighted by atomic mass is 10.1. The molecule has 1 amide bonds. The Bertz CT molecular complexity index is 981. The van der Waals surface area contributed by atoms with Gasteiger partial charge in [-0.1, -0.05) is 30.3 Å². The first kappa shape index (κ1) is 20.2. The summed E-state index contributed by atoms with van der Waals surface area (Å²) in [6, 6.07) is 22.4. The van der Waals surface area contributed by atoms with Gasteiger partial charge in [0.15, 0.2) is 6.61 Å². The summed E-state index contributed by atoms with van der Waals surface area (Å²) in [5.74, 6) is 1.46. The van der Waals surface area contributed by atoms with Crippen LogP contribution in [0.25, 0.3) is 10.8 Å². The van der Waals surface area contributed by atoms with Crippen molar-refractivity contribution >= 4 is 16.7 Å². The highest BCUT2D eigenvalue weighted by Gasteiger charge is 2.27. The van der Waals surface area contributed by atoms with Crippen molar-refractivity contribution in [2.24, 2.45) is 0 Å². The molecule has 1 fully saturated rings. The van der Waals surface area contributed by atoms with Gasteiger partial charge in [0.05, 0.1) is 26.7 Å². The van der Waals surface area contributed by atoms with Crippen molar-refractivity contribution in [2.45, 2.75) is 18.9 Å². The molecular weight excluding hydrogens is 376 g/mol. The maximum atomic E-state index is 12.5. The molecule has 3 aromatic carbocycles. The summed E-state index contributed by atoms with van der Waals surface area (Å²) in [7, 11) is 1.67. The molecule has 30 heavy (non-hydrogen) atoms. The van der Waals surface area contributed by atoms with Crippen molar-refractivity contribution in [3.8, 4) is 11.5 Å². The summed E-state index contributed by atoms with van der Waals surface area (Å²) in [5.41, 5.74) is 1.23. The Morgan fingerprint density at radius 1 is 0.967 bits per heavy atom. The molecule has 0 radical (unpaired) electrons. The van der Waals surface area contributed by atoms with E-state index in [-0.39, 0.29) is 18.6 Å². The van der Waals surface area contributed by atoms with E-state index in [1.165, 1.54) is 23.3 Å². The molecule has 0 saturated carbocycles. The molecule has 5 nitrogen and oxygen atoms in total. The number of hydrogen-bond donors (Lipinski definition) is 2. The van der Waals surface area contributed by atoms with Gasteiger partial charge in [-0.15, -0.1) is 0 Å². The average molecular weight is 406 g/mol. The summed E-state index contributed by atoms with van der Waals surface area (Å²) in [6.45, 7) is 2.89. The van der Waals surface area contributed by atoms with E-state index in [9.17, 15) is 4.79 Å². The molecular formula is C25H29N2O3+. The lowest BCUT2D eigenvalue weighted by Crippen LogP contribution is -3.11. The lowest BCUT2D eigenvalue weighted by Gasteiger charge is -2.25. The fourth-order valence-electron chi connectivity index (χ4n) is 4.18. The fraction of sp³-hybridized carbons (Fsp3) is 0.320. The first-order valence-electron chi connectivity index (χ1n) is 10.6. The third kappa shape index (κ3) is 4.92. The zero-order valence-corrected chi connectivity index (χ0v) is 17.4. The maximum absolute atomic E-state index is 12.5. The standard InChI is InChI=1S/C25H28N2O3/c1-29-22-11-9-20(10-12-22)24(27-14-4-5-15-27)17-26-25(28)18-30-23-13-8-19-6-2-3-7-21(19)16-23/h2-3,6-13,16,24H,4-5,14-15,17-18H2,1H3,(H,26,28)/p+1/t24-/m1/s1. The summed E-state index contributed by atoms with van der Waals surface area (Å²) in [4.78, 5) is 14.0. The molecule has 1 heterocycles. The third-order valence-electron chi connectivity index (χ3n) is 5.85. The molecule has 0 aromatic heterocycles. The van der Waals surface area contributed by atoms with Gasteiger partial charge in [-0.25, -0.2) is 0 Å². The third-order valence-corrected chi connectivity index (χ3v) is 5.85. The summed E-state index contributed by atoms with van der Waals surface area (Å²) in [6.07, 6.45) is 2.47. The predicted molar refractivity (Wildman–Crippen MR) is 118 cm³/mol. The van der Waals surface area contributed by atoms with Crippen molar-refractivity contribution in [3.05, 3.63) is 72.3 Å². The second-order valence-electron chi connectivity index (χ2n) is 7.79. The number of benzene rings is 3. The SMILES string of the molecule is COc1ccc([C@@H](CNC(=O)COc2ccc3ccccc3c2)[NH+]2CCCC2)cc1. The van der Waals surface area contributed by atoms with Crippen molar-refractivity contribution < 1.29 is 19.2 Å². The first-order valence-corrected chi connectivity index (χ1v) is 10.6. The minimum Gasteiger partial charge on any atom is -0.497 e. The average Bonchev–Trinajstić information content (AvgIpc) is 3.33. The molecule has 1 aliphatic rings. The van der Waals surface area contributed by atoms with Crippen LogP contribution in [0.3, 0.4) is 0 Å². The number of carbonyl (C=O) groups is 1. The molecule has 3 aromatic rings. The van der Waals surface area contributed by atoms with E-state index >= 15 is 0 Å². The number of carbonyl (C=O) groups excluding carboxylic acids is 1. The zero-order valence-electron chi connectivity index (χ0n) is 17.4. The van der Waals surface area contributed by atoms with Crippen molar-refractivity contribution in [2.75, 3.05) is 33.4 Å². The highest BCUT2D eigenvalue weighted by molar-refractivity contribution is 5.84. The minimum atomic E-state index is -0.0970. The van der Waals surface area contributed by atoms with Gasteiger partial charge in [-0.05, 0) is 47.2 Å². The zero-order chi connectivity index (χ0) is 20.8. The summed E-state index contributed by atoms with van der Waals surface area (Å²) >= 11 is 0. The second-order valence-corrected chi connectivity index (χ2v) is 7.79. The van der Waals surface area contributed by atoms with Crippen LogP contribution in [0, 0.1) is 0 Å². The molecule has 0 unspecified atom stereocenters. The van der Waals surface area contributed by atoms with E-state index in [1.807, 2.05) is 48.5 Å². The maximum Gasteiger partial charge on any atom is 0.258 e. The quantitative estimate of drug-likeness (QED) is 0.606. The monoisotopic (exact) mass is 405 g/mol. The molecule has 156 valence electrons. The smallest absolute Gasteiger partial charge is 0.258 e. The number of quaternary nitrogens is 1. The van der Waals surface area contributed by atoms with Crippen LogP contribution in [0.15, 0.2) is 66.7 Å². The van der Waals surface area contributed by atoms with Crippen LogP contribution in [-0.4, -0.2) is 39.3 Å². The first-order chi connectivity index (χ1) is 14.7. The van der Waals surface area contributed by atoms with Gasteiger partial charge in [-0.2, -0.15) is 0 Å². The molecule has 2 N–H and O–H groups in total. The number of fused-ring (bicyclic) bond motifs is 1. The van der Waals surface area contributed by atoms with Crippen LogP contribution >= 0.6 is 0 Å². The van der Waals surface area contributed by atoms with Crippen molar-refractivity contribution in [1.82, 2.24) is 5.32 Å². The number of ether oxygens (including phenoxy) is 2. The topological polar surface area (TPSA) is 52.0 Å². The molecule has 1 aliphatic heterocycles. The highest BCUT2D eigenvalue weighted by atomic mass is 16.5. The minimum absolute atomic E-state index is 0.0169. The Morgan fingerprint density at radius 2 is 1.67 bits per heavy atom. The van der Waals surface area contributed by atoms with Crippen LogP contribution in [0.4, 0.5) is 0 Å². The molecule has 4 rings (SSSR count). The van der Waals surface area contributed by atoms with Gasteiger partial charge in [0, 0.05) is 18.4 Å². The van der Waals surface area contributed by atoms with Gasteiger partial charge in [0.1, 0.15) is 17.5 Å².